The van der Waals surface area contributed by atoms with E-state index >= 15 is 0 Å². The second-order valence-electron chi connectivity index (χ2n) is 2.11. The van der Waals surface area contributed by atoms with E-state index in [0.29, 0.717) is 6.61 Å². The maximum Gasteiger partial charge on any atom is 0.143 e. The zero-order chi connectivity index (χ0) is 7.82. The lowest BCUT2D eigenvalue weighted by Gasteiger charge is -2.07. The number of hydrogen-bond acceptors (Lipinski definition) is 3. The second-order valence-corrected chi connectivity index (χ2v) is 2.11. The highest BCUT2D eigenvalue weighted by molar-refractivity contribution is 4.74. The van der Waals surface area contributed by atoms with Crippen molar-refractivity contribution in [1.82, 2.24) is 0 Å². The Kier molecular flexibility index (Phi) is 6.48. The smallest absolute Gasteiger partial charge is 0.143 e. The molecule has 0 saturated carbocycles. The van der Waals surface area contributed by atoms with Crippen molar-refractivity contribution in [1.29, 1.82) is 0 Å². The fraction of sp³-hybridized carbons (Fsp3) is 0.714. The lowest BCUT2D eigenvalue weighted by atomic mass is 10.2. The first-order valence-electron chi connectivity index (χ1n) is 3.36. The number of ether oxygens (including phenoxy) is 1. The Morgan fingerprint density at radius 1 is 1.70 bits per heavy atom. The summed E-state index contributed by atoms with van der Waals surface area (Å²) < 4.78 is 4.69. The first-order valence-corrected chi connectivity index (χ1v) is 3.36. The summed E-state index contributed by atoms with van der Waals surface area (Å²) in [6.45, 7) is 3.86. The summed E-state index contributed by atoms with van der Waals surface area (Å²) in [5, 5.41) is 8.23. The van der Waals surface area contributed by atoms with Gasteiger partial charge in [-0.05, 0) is 12.8 Å². The van der Waals surface area contributed by atoms with E-state index in [1.165, 1.54) is 0 Å². The molecule has 3 N–H and O–H groups in total. The SMILES string of the molecule is C=CCC(N)CCOCO. The summed E-state index contributed by atoms with van der Waals surface area (Å²) in [4.78, 5) is 0. The minimum atomic E-state index is -0.221. The van der Waals surface area contributed by atoms with Crippen LogP contribution in [0.1, 0.15) is 12.8 Å². The van der Waals surface area contributed by atoms with Gasteiger partial charge in [-0.15, -0.1) is 6.58 Å². The van der Waals surface area contributed by atoms with Crippen LogP contribution in [0.4, 0.5) is 0 Å². The van der Waals surface area contributed by atoms with Crippen molar-refractivity contribution in [3.05, 3.63) is 12.7 Å². The van der Waals surface area contributed by atoms with Gasteiger partial charge in [0.05, 0.1) is 6.61 Å². The summed E-state index contributed by atoms with van der Waals surface area (Å²) in [6, 6.07) is 0.115. The van der Waals surface area contributed by atoms with Crippen LogP contribution in [-0.4, -0.2) is 24.5 Å². The minimum Gasteiger partial charge on any atom is -0.371 e. The van der Waals surface area contributed by atoms with Crippen molar-refractivity contribution in [2.24, 2.45) is 5.73 Å². The monoisotopic (exact) mass is 145 g/mol. The molecule has 10 heavy (non-hydrogen) atoms. The third-order valence-corrected chi connectivity index (χ3v) is 1.19. The predicted octanol–water partition coefficient (Wildman–Crippen LogP) is 0.246. The van der Waals surface area contributed by atoms with Gasteiger partial charge in [0, 0.05) is 6.04 Å². The van der Waals surface area contributed by atoms with Crippen LogP contribution < -0.4 is 5.73 Å². The molecule has 0 fully saturated rings. The van der Waals surface area contributed by atoms with E-state index in [1.54, 1.807) is 6.08 Å². The fourth-order valence-electron chi connectivity index (χ4n) is 0.631. The maximum absolute atomic E-state index is 8.23. The van der Waals surface area contributed by atoms with Crippen molar-refractivity contribution in [2.45, 2.75) is 18.9 Å². The van der Waals surface area contributed by atoms with Crippen molar-refractivity contribution in [3.63, 3.8) is 0 Å². The molecule has 0 heterocycles. The molecule has 0 spiro atoms. The molecule has 0 bridgehead atoms. The molecule has 0 saturated heterocycles. The zero-order valence-electron chi connectivity index (χ0n) is 6.12. The van der Waals surface area contributed by atoms with E-state index in [1.807, 2.05) is 0 Å². The molecule has 0 radical (unpaired) electrons. The van der Waals surface area contributed by atoms with E-state index in [9.17, 15) is 0 Å². The minimum absolute atomic E-state index is 0.115. The largest absolute Gasteiger partial charge is 0.371 e. The number of rotatable bonds is 6. The van der Waals surface area contributed by atoms with Crippen LogP contribution >= 0.6 is 0 Å². The van der Waals surface area contributed by atoms with Gasteiger partial charge in [-0.2, -0.15) is 0 Å². The predicted molar refractivity (Wildman–Crippen MR) is 40.4 cm³/mol. The van der Waals surface area contributed by atoms with Gasteiger partial charge in [0.2, 0.25) is 0 Å². The van der Waals surface area contributed by atoms with Crippen molar-refractivity contribution < 1.29 is 9.84 Å². The molecule has 0 aliphatic carbocycles. The topological polar surface area (TPSA) is 55.5 Å². The van der Waals surface area contributed by atoms with E-state index in [4.69, 9.17) is 15.6 Å². The van der Waals surface area contributed by atoms with E-state index < -0.39 is 0 Å². The molecule has 0 aliphatic heterocycles. The molecule has 3 nitrogen and oxygen atoms in total. The van der Waals surface area contributed by atoms with Gasteiger partial charge >= 0.3 is 0 Å². The van der Waals surface area contributed by atoms with Crippen LogP contribution in [-0.2, 0) is 4.74 Å². The average molecular weight is 145 g/mol. The first-order chi connectivity index (χ1) is 4.81. The van der Waals surface area contributed by atoms with Crippen LogP contribution in [0, 0.1) is 0 Å². The maximum atomic E-state index is 8.23. The Morgan fingerprint density at radius 3 is 2.90 bits per heavy atom. The molecule has 1 unspecified atom stereocenters. The molecule has 1 atom stereocenters. The summed E-state index contributed by atoms with van der Waals surface area (Å²) >= 11 is 0. The molecular weight excluding hydrogens is 130 g/mol. The van der Waals surface area contributed by atoms with Gasteiger partial charge in [-0.25, -0.2) is 0 Å². The van der Waals surface area contributed by atoms with Gasteiger partial charge in [0.25, 0.3) is 0 Å². The Morgan fingerprint density at radius 2 is 2.40 bits per heavy atom. The second kappa shape index (κ2) is 6.74. The van der Waals surface area contributed by atoms with Crippen LogP contribution in [0.2, 0.25) is 0 Å². The van der Waals surface area contributed by atoms with Crippen LogP contribution in [0.5, 0.6) is 0 Å². The number of nitrogens with two attached hydrogens (primary N) is 1. The molecule has 0 rings (SSSR count). The molecule has 0 amide bonds. The van der Waals surface area contributed by atoms with Crippen molar-refractivity contribution in [3.8, 4) is 0 Å². The first kappa shape index (κ1) is 9.62. The average Bonchev–Trinajstić information content (AvgIpc) is 1.89. The van der Waals surface area contributed by atoms with Crippen LogP contribution in [0.25, 0.3) is 0 Å². The standard InChI is InChI=1S/C7H15NO2/c1-2-3-7(8)4-5-10-6-9/h2,7,9H,1,3-6,8H2. The van der Waals surface area contributed by atoms with Gasteiger partial charge in [0.1, 0.15) is 6.79 Å². The van der Waals surface area contributed by atoms with Crippen LogP contribution in [0.15, 0.2) is 12.7 Å². The van der Waals surface area contributed by atoms with Gasteiger partial charge in [0.15, 0.2) is 0 Å². The molecular formula is C7H15NO2. The molecule has 60 valence electrons. The Balaban J connectivity index is 3.04. The van der Waals surface area contributed by atoms with Crippen LogP contribution in [0.3, 0.4) is 0 Å². The summed E-state index contributed by atoms with van der Waals surface area (Å²) in [5.74, 6) is 0. The molecule has 0 aliphatic rings. The highest BCUT2D eigenvalue weighted by atomic mass is 16.6. The van der Waals surface area contributed by atoms with E-state index in [2.05, 4.69) is 6.58 Å². The van der Waals surface area contributed by atoms with E-state index in [0.717, 1.165) is 12.8 Å². The van der Waals surface area contributed by atoms with Crippen molar-refractivity contribution in [2.75, 3.05) is 13.4 Å². The highest BCUT2D eigenvalue weighted by Gasteiger charge is 1.97. The van der Waals surface area contributed by atoms with Gasteiger partial charge in [-0.1, -0.05) is 6.08 Å². The number of aliphatic hydroxyl groups excluding tert-OH is 1. The molecule has 0 aromatic carbocycles. The summed E-state index contributed by atoms with van der Waals surface area (Å²) in [6.07, 6.45) is 3.35. The quantitative estimate of drug-likeness (QED) is 0.320. The Hall–Kier alpha value is -0.380. The van der Waals surface area contributed by atoms with Gasteiger partial charge < -0.3 is 15.6 Å². The normalized spacial score (nSPS) is 13.0. The third-order valence-electron chi connectivity index (χ3n) is 1.19. The number of aliphatic hydroxyl groups is 1. The lowest BCUT2D eigenvalue weighted by Crippen LogP contribution is -2.21. The van der Waals surface area contributed by atoms with Gasteiger partial charge in [-0.3, -0.25) is 0 Å². The molecule has 0 aromatic heterocycles. The summed E-state index contributed by atoms with van der Waals surface area (Å²) in [7, 11) is 0. The number of hydrogen-bond donors (Lipinski definition) is 2. The highest BCUT2D eigenvalue weighted by Crippen LogP contribution is 1.94. The Labute approximate surface area is 61.5 Å². The third kappa shape index (κ3) is 5.75. The molecule has 3 heteroatoms. The van der Waals surface area contributed by atoms with E-state index in [-0.39, 0.29) is 12.8 Å². The molecule has 0 aromatic rings. The lowest BCUT2D eigenvalue weighted by molar-refractivity contribution is -0.00378. The fourth-order valence-corrected chi connectivity index (χ4v) is 0.631. The summed E-state index contributed by atoms with van der Waals surface area (Å²) in [5.41, 5.74) is 5.59. The van der Waals surface area contributed by atoms with Crippen molar-refractivity contribution >= 4 is 0 Å². The Bertz CT molecular complexity index is 85.7. The zero-order valence-corrected chi connectivity index (χ0v) is 6.12.